The largest absolute Gasteiger partial charge is 0.469 e. The molecule has 142 valence electrons. The zero-order valence-electron chi connectivity index (χ0n) is 15.7. The molecule has 0 radical (unpaired) electrons. The van der Waals surface area contributed by atoms with Crippen LogP contribution in [0.4, 0.5) is 5.69 Å². The number of hydrogen-bond donors (Lipinski definition) is 2. The molecule has 1 aliphatic carbocycles. The fourth-order valence-corrected chi connectivity index (χ4v) is 3.77. The summed E-state index contributed by atoms with van der Waals surface area (Å²) in [5.74, 6) is -0.0357. The number of ketones is 1. The number of carbonyl (C=O) groups excluding carboxylic acids is 2. The Kier molecular flexibility index (Phi) is 4.47. The van der Waals surface area contributed by atoms with E-state index in [0.717, 1.165) is 16.9 Å². The van der Waals surface area contributed by atoms with Gasteiger partial charge in [-0.3, -0.25) is 14.4 Å². The summed E-state index contributed by atoms with van der Waals surface area (Å²) in [5.41, 5.74) is 3.00. The Labute approximate surface area is 161 Å². The molecule has 0 fully saturated rings. The maximum absolute atomic E-state index is 12.6. The highest BCUT2D eigenvalue weighted by molar-refractivity contribution is 6.06. The first-order valence-corrected chi connectivity index (χ1v) is 9.13. The van der Waals surface area contributed by atoms with Gasteiger partial charge in [0.1, 0.15) is 11.3 Å². The van der Waals surface area contributed by atoms with Gasteiger partial charge in [-0.2, -0.15) is 0 Å². The molecule has 28 heavy (non-hydrogen) atoms. The van der Waals surface area contributed by atoms with E-state index in [-0.39, 0.29) is 23.7 Å². The van der Waals surface area contributed by atoms with Gasteiger partial charge in [0.25, 0.3) is 11.5 Å². The number of hydrogen-bond acceptors (Lipinski definition) is 4. The molecule has 6 heteroatoms. The lowest BCUT2D eigenvalue weighted by atomic mass is 9.84. The molecule has 2 heterocycles. The van der Waals surface area contributed by atoms with Crippen LogP contribution in [0.25, 0.3) is 0 Å². The van der Waals surface area contributed by atoms with Crippen molar-refractivity contribution in [1.29, 1.82) is 0 Å². The molecule has 1 aromatic carbocycles. The number of rotatable bonds is 3. The molecule has 1 aliphatic rings. The predicted octanol–water partition coefficient (Wildman–Crippen LogP) is 3.75. The molecular weight excluding hydrogens is 356 g/mol. The number of aromatic amines is 1. The number of aryl methyl sites for hydroxylation is 2. The Morgan fingerprint density at radius 2 is 1.86 bits per heavy atom. The normalized spacial score (nSPS) is 15.9. The van der Waals surface area contributed by atoms with Crippen LogP contribution < -0.4 is 10.9 Å². The molecule has 0 bridgehead atoms. The number of benzene rings is 1. The van der Waals surface area contributed by atoms with Crippen molar-refractivity contribution in [3.8, 4) is 0 Å². The van der Waals surface area contributed by atoms with E-state index in [9.17, 15) is 14.4 Å². The van der Waals surface area contributed by atoms with Gasteiger partial charge in [0.05, 0.1) is 6.26 Å². The van der Waals surface area contributed by atoms with Crippen LogP contribution in [0.1, 0.15) is 55.6 Å². The second-order valence-electron chi connectivity index (χ2n) is 7.28. The van der Waals surface area contributed by atoms with Crippen molar-refractivity contribution in [3.63, 3.8) is 0 Å². The van der Waals surface area contributed by atoms with Crippen molar-refractivity contribution in [1.82, 2.24) is 4.98 Å². The summed E-state index contributed by atoms with van der Waals surface area (Å²) in [5, 5.41) is 2.75. The molecule has 1 unspecified atom stereocenters. The number of anilines is 1. The van der Waals surface area contributed by atoms with E-state index < -0.39 is 11.5 Å². The van der Waals surface area contributed by atoms with Gasteiger partial charge in [0.15, 0.2) is 5.78 Å². The minimum absolute atomic E-state index is 0.0669. The first kappa shape index (κ1) is 18.0. The van der Waals surface area contributed by atoms with Gasteiger partial charge in [-0.25, -0.2) is 0 Å². The Morgan fingerprint density at radius 1 is 1.11 bits per heavy atom. The van der Waals surface area contributed by atoms with Gasteiger partial charge in [-0.15, -0.1) is 0 Å². The van der Waals surface area contributed by atoms with Crippen LogP contribution in [0.5, 0.6) is 0 Å². The molecule has 2 N–H and O–H groups in total. The van der Waals surface area contributed by atoms with Crippen molar-refractivity contribution in [2.24, 2.45) is 0 Å². The summed E-state index contributed by atoms with van der Waals surface area (Å²) < 4.78 is 5.41. The van der Waals surface area contributed by atoms with Gasteiger partial charge in [-0.05, 0) is 61.7 Å². The number of H-pyrrole nitrogens is 1. The summed E-state index contributed by atoms with van der Waals surface area (Å²) in [6.07, 6.45) is 2.34. The average molecular weight is 376 g/mol. The number of fused-ring (bicyclic) bond motifs is 1. The highest BCUT2D eigenvalue weighted by atomic mass is 16.3. The lowest BCUT2D eigenvalue weighted by Crippen LogP contribution is -2.29. The van der Waals surface area contributed by atoms with Crippen molar-refractivity contribution in [2.75, 3.05) is 5.32 Å². The Hall–Kier alpha value is -3.41. The predicted molar refractivity (Wildman–Crippen MR) is 105 cm³/mol. The number of nitrogens with one attached hydrogen (secondary N) is 2. The summed E-state index contributed by atoms with van der Waals surface area (Å²) in [4.78, 5) is 40.5. The lowest BCUT2D eigenvalue weighted by Gasteiger charge is -2.22. The van der Waals surface area contributed by atoms with Gasteiger partial charge < -0.3 is 14.7 Å². The number of pyridine rings is 1. The van der Waals surface area contributed by atoms with Crippen LogP contribution in [-0.2, 0) is 6.42 Å². The minimum Gasteiger partial charge on any atom is -0.469 e. The first-order chi connectivity index (χ1) is 13.4. The van der Waals surface area contributed by atoms with Crippen LogP contribution >= 0.6 is 0 Å². The Bertz CT molecular complexity index is 1110. The molecule has 0 spiro atoms. The Balaban J connectivity index is 1.63. The minimum atomic E-state index is -0.532. The molecular formula is C22H20N2O4. The smallest absolute Gasteiger partial charge is 0.261 e. The van der Waals surface area contributed by atoms with E-state index in [0.29, 0.717) is 23.4 Å². The van der Waals surface area contributed by atoms with E-state index in [4.69, 9.17) is 4.42 Å². The van der Waals surface area contributed by atoms with Gasteiger partial charge in [0.2, 0.25) is 0 Å². The highest BCUT2D eigenvalue weighted by Gasteiger charge is 2.30. The molecule has 0 aliphatic heterocycles. The molecule has 2 aromatic heterocycles. The van der Waals surface area contributed by atoms with E-state index in [1.807, 2.05) is 38.1 Å². The molecule has 1 amide bonds. The van der Waals surface area contributed by atoms with Crippen LogP contribution in [0.15, 0.2) is 51.9 Å². The maximum Gasteiger partial charge on any atom is 0.261 e. The standard InChI is InChI=1S/C22H20N2O4/c1-12-6-13(2)8-15(7-12)23-21(26)17-11-16-18(24-22(17)27)9-14(10-19(16)25)20-4-3-5-28-20/h3-8,11,14H,9-10H2,1-2H3,(H,23,26)(H,24,27). The van der Waals surface area contributed by atoms with Crippen molar-refractivity contribution >= 4 is 17.4 Å². The summed E-state index contributed by atoms with van der Waals surface area (Å²) in [6, 6.07) is 10.7. The number of furan rings is 1. The van der Waals surface area contributed by atoms with Crippen molar-refractivity contribution < 1.29 is 14.0 Å². The third-order valence-corrected chi connectivity index (χ3v) is 4.98. The molecule has 6 nitrogen and oxygen atoms in total. The number of aromatic nitrogens is 1. The van der Waals surface area contributed by atoms with Gasteiger partial charge in [-0.1, -0.05) is 6.07 Å². The monoisotopic (exact) mass is 376 g/mol. The van der Waals surface area contributed by atoms with Gasteiger partial charge in [0, 0.05) is 29.3 Å². The fourth-order valence-electron chi connectivity index (χ4n) is 3.77. The molecule has 1 atom stereocenters. The molecule has 0 saturated heterocycles. The molecule has 0 saturated carbocycles. The number of Topliss-reactive ketones (excluding diaryl/α,β-unsaturated/α-hetero) is 1. The zero-order chi connectivity index (χ0) is 19.8. The van der Waals surface area contributed by atoms with E-state index in [1.54, 1.807) is 12.3 Å². The highest BCUT2D eigenvalue weighted by Crippen LogP contribution is 2.31. The summed E-state index contributed by atoms with van der Waals surface area (Å²) >= 11 is 0. The lowest BCUT2D eigenvalue weighted by molar-refractivity contribution is 0.0959. The quantitative estimate of drug-likeness (QED) is 0.728. The van der Waals surface area contributed by atoms with Crippen molar-refractivity contribution in [3.05, 3.63) is 86.7 Å². The second-order valence-corrected chi connectivity index (χ2v) is 7.28. The molecule has 3 aromatic rings. The van der Waals surface area contributed by atoms with Crippen LogP contribution in [0.2, 0.25) is 0 Å². The maximum atomic E-state index is 12.6. The van der Waals surface area contributed by atoms with Gasteiger partial charge >= 0.3 is 0 Å². The fraction of sp³-hybridized carbons (Fsp3) is 0.227. The second kappa shape index (κ2) is 6.96. The van der Waals surface area contributed by atoms with E-state index in [1.165, 1.54) is 6.07 Å². The van der Waals surface area contributed by atoms with Crippen LogP contribution in [0, 0.1) is 13.8 Å². The Morgan fingerprint density at radius 3 is 2.54 bits per heavy atom. The number of amides is 1. The summed E-state index contributed by atoms with van der Waals surface area (Å²) in [7, 11) is 0. The van der Waals surface area contributed by atoms with E-state index >= 15 is 0 Å². The third-order valence-electron chi connectivity index (χ3n) is 4.98. The first-order valence-electron chi connectivity index (χ1n) is 9.13. The SMILES string of the molecule is Cc1cc(C)cc(NC(=O)c2cc3c([nH]c2=O)CC(c2ccco2)CC3=O)c1. The topological polar surface area (TPSA) is 92.2 Å². The number of carbonyl (C=O) groups is 2. The van der Waals surface area contributed by atoms with Crippen LogP contribution in [0.3, 0.4) is 0 Å². The van der Waals surface area contributed by atoms with E-state index in [2.05, 4.69) is 10.3 Å². The molecule has 4 rings (SSSR count). The summed E-state index contributed by atoms with van der Waals surface area (Å²) in [6.45, 7) is 3.87. The van der Waals surface area contributed by atoms with Crippen molar-refractivity contribution in [2.45, 2.75) is 32.6 Å². The van der Waals surface area contributed by atoms with Crippen LogP contribution in [-0.4, -0.2) is 16.7 Å². The third kappa shape index (κ3) is 3.41. The average Bonchev–Trinajstić information content (AvgIpc) is 3.14. The zero-order valence-corrected chi connectivity index (χ0v) is 15.7.